The van der Waals surface area contributed by atoms with Crippen molar-refractivity contribution >= 4 is 22.9 Å². The van der Waals surface area contributed by atoms with E-state index in [1.807, 2.05) is 48.4 Å². The second-order valence-corrected chi connectivity index (χ2v) is 12.7. The maximum absolute atomic E-state index is 13.5. The van der Waals surface area contributed by atoms with Crippen LogP contribution in [0.4, 0.5) is 4.79 Å². The molecule has 1 atom stereocenters. The highest BCUT2D eigenvalue weighted by Crippen LogP contribution is 2.54. The Morgan fingerprint density at radius 2 is 1.64 bits per heavy atom. The van der Waals surface area contributed by atoms with Gasteiger partial charge in [-0.25, -0.2) is 4.79 Å². The molecule has 4 fully saturated rings. The van der Waals surface area contributed by atoms with E-state index in [1.165, 1.54) is 37.7 Å². The van der Waals surface area contributed by atoms with Gasteiger partial charge >= 0.3 is 6.09 Å². The zero-order valence-corrected chi connectivity index (χ0v) is 23.2. The van der Waals surface area contributed by atoms with Gasteiger partial charge in [0.05, 0.1) is 5.54 Å². The number of benzene rings is 2. The van der Waals surface area contributed by atoms with Crippen molar-refractivity contribution in [1.29, 1.82) is 0 Å². The summed E-state index contributed by atoms with van der Waals surface area (Å²) in [7, 11) is 0. The number of aromatic amines is 1. The normalized spacial score (nSPS) is 26.8. The zero-order chi connectivity index (χ0) is 27.0. The molecule has 1 heterocycles. The average Bonchev–Trinajstić information content (AvgIpc) is 3.31. The van der Waals surface area contributed by atoms with Crippen molar-refractivity contribution in [3.63, 3.8) is 0 Å². The number of nitrogens with zero attached hydrogens (tertiary/aromatic N) is 1. The molecule has 2 aromatic carbocycles. The van der Waals surface area contributed by atoms with Crippen LogP contribution in [-0.4, -0.2) is 46.6 Å². The van der Waals surface area contributed by atoms with Gasteiger partial charge in [-0.2, -0.15) is 0 Å². The molecule has 7 rings (SSSR count). The molecule has 39 heavy (non-hydrogen) atoms. The molecule has 4 bridgehead atoms. The molecule has 6 nitrogen and oxygen atoms in total. The van der Waals surface area contributed by atoms with Crippen molar-refractivity contribution in [1.82, 2.24) is 15.2 Å². The van der Waals surface area contributed by atoms with Gasteiger partial charge in [0.15, 0.2) is 0 Å². The molecule has 206 valence electrons. The largest absolute Gasteiger partial charge is 0.446 e. The van der Waals surface area contributed by atoms with Gasteiger partial charge < -0.3 is 19.9 Å². The minimum atomic E-state index is -0.698. The molecule has 6 heteroatoms. The summed E-state index contributed by atoms with van der Waals surface area (Å²) in [6, 6.07) is 18.4. The van der Waals surface area contributed by atoms with Gasteiger partial charge in [-0.1, -0.05) is 48.5 Å². The average molecular weight is 528 g/mol. The highest BCUT2D eigenvalue weighted by molar-refractivity contribution is 5.83. The molecule has 1 unspecified atom stereocenters. The monoisotopic (exact) mass is 527 g/mol. The van der Waals surface area contributed by atoms with Crippen LogP contribution in [0.5, 0.6) is 0 Å². The van der Waals surface area contributed by atoms with Gasteiger partial charge in [0.25, 0.3) is 0 Å². The van der Waals surface area contributed by atoms with Gasteiger partial charge in [-0.05, 0) is 92.7 Å². The Morgan fingerprint density at radius 3 is 2.33 bits per heavy atom. The van der Waals surface area contributed by atoms with E-state index in [2.05, 4.69) is 34.6 Å². The van der Waals surface area contributed by atoms with Gasteiger partial charge in [0.2, 0.25) is 5.91 Å². The number of fused-ring (bicyclic) bond motifs is 1. The van der Waals surface area contributed by atoms with E-state index in [4.69, 9.17) is 4.74 Å². The fourth-order valence-corrected chi connectivity index (χ4v) is 7.98. The van der Waals surface area contributed by atoms with E-state index >= 15 is 0 Å². The van der Waals surface area contributed by atoms with Crippen LogP contribution in [0, 0.1) is 23.7 Å². The Balaban J connectivity index is 1.20. The standard InChI is InChI=1S/C33H41N3O3/c1-22(37)36(13-12-23-8-4-3-5-9-23)21-33(2,19-28-20-34-30-11-7-6-10-29(28)30)35-32(38)39-31-26-15-24-14-25(17-26)18-27(31)16-24/h3-11,20,24-27,31,34H,12-19,21H2,1-2H3,(H,35,38). The number of hydrogen-bond donors (Lipinski definition) is 2. The van der Waals surface area contributed by atoms with Gasteiger partial charge in [-0.15, -0.1) is 0 Å². The number of H-pyrrole nitrogens is 1. The molecule has 0 radical (unpaired) electrons. The molecule has 0 saturated heterocycles. The van der Waals surface area contributed by atoms with Crippen LogP contribution in [0.1, 0.15) is 57.1 Å². The first-order valence-electron chi connectivity index (χ1n) is 14.7. The molecular formula is C33H41N3O3. The summed E-state index contributed by atoms with van der Waals surface area (Å²) in [5.41, 5.74) is 2.68. The van der Waals surface area contributed by atoms with E-state index < -0.39 is 5.54 Å². The summed E-state index contributed by atoms with van der Waals surface area (Å²) < 4.78 is 6.24. The predicted octanol–water partition coefficient (Wildman–Crippen LogP) is 6.11. The molecule has 1 aromatic heterocycles. The fraction of sp³-hybridized carbons (Fsp3) is 0.515. The maximum Gasteiger partial charge on any atom is 0.407 e. The topological polar surface area (TPSA) is 74.4 Å². The van der Waals surface area contributed by atoms with Crippen molar-refractivity contribution < 1.29 is 14.3 Å². The molecule has 2 N–H and O–H groups in total. The van der Waals surface area contributed by atoms with Crippen LogP contribution in [0.15, 0.2) is 60.8 Å². The Hall–Kier alpha value is -3.28. The van der Waals surface area contributed by atoms with E-state index in [1.54, 1.807) is 6.92 Å². The van der Waals surface area contributed by atoms with Crippen LogP contribution in [-0.2, 0) is 22.4 Å². The molecule has 2 amide bonds. The van der Waals surface area contributed by atoms with E-state index in [0.717, 1.165) is 34.7 Å². The Kier molecular flexibility index (Phi) is 7.13. The van der Waals surface area contributed by atoms with Crippen LogP contribution in [0.25, 0.3) is 10.9 Å². The summed E-state index contributed by atoms with van der Waals surface area (Å²) in [6.45, 7) is 4.66. The summed E-state index contributed by atoms with van der Waals surface area (Å²) >= 11 is 0. The van der Waals surface area contributed by atoms with E-state index in [9.17, 15) is 9.59 Å². The lowest BCUT2D eigenvalue weighted by molar-refractivity contribution is -0.130. The number of rotatable bonds is 9. The second-order valence-electron chi connectivity index (χ2n) is 12.7. The minimum Gasteiger partial charge on any atom is -0.446 e. The number of para-hydroxylation sites is 1. The molecule has 0 spiro atoms. The molecule has 0 aliphatic heterocycles. The number of carbonyl (C=O) groups is 2. The summed E-state index contributed by atoms with van der Waals surface area (Å²) in [4.78, 5) is 31.6. The molecule has 3 aromatic rings. The van der Waals surface area contributed by atoms with Crippen LogP contribution in [0.2, 0.25) is 0 Å². The van der Waals surface area contributed by atoms with Crippen molar-refractivity contribution in [3.8, 4) is 0 Å². The lowest BCUT2D eigenvalue weighted by Crippen LogP contribution is -2.58. The maximum atomic E-state index is 13.5. The van der Waals surface area contributed by atoms with Crippen molar-refractivity contribution in [2.45, 2.75) is 70.4 Å². The van der Waals surface area contributed by atoms with Crippen LogP contribution >= 0.6 is 0 Å². The highest BCUT2D eigenvalue weighted by Gasteiger charge is 2.50. The third-order valence-corrected chi connectivity index (χ3v) is 9.54. The number of ether oxygens (including phenoxy) is 1. The molecular weight excluding hydrogens is 486 g/mol. The first kappa shape index (κ1) is 26.0. The van der Waals surface area contributed by atoms with E-state index in [-0.39, 0.29) is 18.1 Å². The van der Waals surface area contributed by atoms with Crippen molar-refractivity contribution in [3.05, 3.63) is 71.9 Å². The smallest absolute Gasteiger partial charge is 0.407 e. The number of aromatic nitrogens is 1. The predicted molar refractivity (Wildman–Crippen MR) is 153 cm³/mol. The summed E-state index contributed by atoms with van der Waals surface area (Å²) in [5, 5.41) is 4.41. The number of nitrogens with one attached hydrogen (secondary N) is 2. The lowest BCUT2D eigenvalue weighted by atomic mass is 9.55. The number of carbonyl (C=O) groups excluding carboxylic acids is 2. The fourth-order valence-electron chi connectivity index (χ4n) is 7.98. The number of alkyl carbamates (subject to hydrolysis) is 1. The van der Waals surface area contributed by atoms with Gasteiger partial charge in [-0.3, -0.25) is 4.79 Å². The summed E-state index contributed by atoms with van der Waals surface area (Å²) in [5.74, 6) is 2.68. The van der Waals surface area contributed by atoms with Crippen molar-refractivity contribution in [2.24, 2.45) is 23.7 Å². The SMILES string of the molecule is CC(=O)N(CCc1ccccc1)CC(C)(Cc1c[nH]c2ccccc12)NC(=O)OC1C2CC3CC(C2)CC1C3. The number of hydrogen-bond acceptors (Lipinski definition) is 3. The van der Waals surface area contributed by atoms with Crippen molar-refractivity contribution in [2.75, 3.05) is 13.1 Å². The Bertz CT molecular complexity index is 1290. The van der Waals surface area contributed by atoms with E-state index in [0.29, 0.717) is 31.3 Å². The van der Waals surface area contributed by atoms with Gasteiger partial charge in [0.1, 0.15) is 6.10 Å². The van der Waals surface area contributed by atoms with Crippen LogP contribution < -0.4 is 5.32 Å². The first-order chi connectivity index (χ1) is 18.8. The molecule has 4 aliphatic carbocycles. The second kappa shape index (κ2) is 10.7. The van der Waals surface area contributed by atoms with Crippen LogP contribution in [0.3, 0.4) is 0 Å². The highest BCUT2D eigenvalue weighted by atomic mass is 16.6. The minimum absolute atomic E-state index is 0.00675. The quantitative estimate of drug-likeness (QED) is 0.353. The van der Waals surface area contributed by atoms with Gasteiger partial charge in [0, 0.05) is 37.1 Å². The molecule has 4 saturated carbocycles. The third-order valence-electron chi connectivity index (χ3n) is 9.54. The Morgan fingerprint density at radius 1 is 0.974 bits per heavy atom. The summed E-state index contributed by atoms with van der Waals surface area (Å²) in [6.07, 6.45) is 9.24. The Labute approximate surface area is 231 Å². The zero-order valence-electron chi connectivity index (χ0n) is 23.2. The number of amides is 2. The first-order valence-corrected chi connectivity index (χ1v) is 14.7. The lowest BCUT2D eigenvalue weighted by Gasteiger charge is -2.53. The third kappa shape index (κ3) is 5.70. The molecule has 4 aliphatic rings.